The number of methoxy groups -OCH3 is 1. The molecule has 1 aliphatic heterocycles. The molecule has 1 atom stereocenters. The largest absolute Gasteiger partial charge is 0.378 e. The lowest BCUT2D eigenvalue weighted by atomic mass is 10.1. The summed E-state index contributed by atoms with van der Waals surface area (Å²) in [6, 6.07) is 13.0. The average molecular weight is 453 g/mol. The number of ether oxygens (including phenoxy) is 1. The molecule has 0 radical (unpaired) electrons. The van der Waals surface area contributed by atoms with Gasteiger partial charge in [0.15, 0.2) is 5.78 Å². The highest BCUT2D eigenvalue weighted by Crippen LogP contribution is 2.39. The lowest BCUT2D eigenvalue weighted by molar-refractivity contribution is -0.123. The number of ketones is 1. The van der Waals surface area contributed by atoms with Crippen LogP contribution in [0.4, 0.5) is 11.5 Å². The molecule has 0 aliphatic carbocycles. The normalized spacial score (nSPS) is 14.7. The van der Waals surface area contributed by atoms with E-state index in [4.69, 9.17) is 16.3 Å². The van der Waals surface area contributed by atoms with E-state index in [1.807, 2.05) is 12.1 Å². The summed E-state index contributed by atoms with van der Waals surface area (Å²) in [4.78, 5) is 36.7. The second-order valence-electron chi connectivity index (χ2n) is 7.45. The summed E-state index contributed by atoms with van der Waals surface area (Å²) in [5.74, 6) is -0.212. The Morgan fingerprint density at radius 3 is 2.62 bits per heavy atom. The number of carbonyl (C=O) groups excluding carboxylic acids is 3. The molecule has 0 fully saturated rings. The monoisotopic (exact) mass is 452 g/mol. The van der Waals surface area contributed by atoms with Gasteiger partial charge in [-0.15, -0.1) is 0 Å². The minimum absolute atomic E-state index is 0.0564. The van der Waals surface area contributed by atoms with Gasteiger partial charge in [0.25, 0.3) is 5.91 Å². The van der Waals surface area contributed by atoms with Crippen molar-refractivity contribution in [1.29, 1.82) is 0 Å². The van der Waals surface area contributed by atoms with Crippen molar-refractivity contribution < 1.29 is 19.1 Å². The predicted octanol–water partition coefficient (Wildman–Crippen LogP) is 4.07. The van der Waals surface area contributed by atoms with Crippen LogP contribution in [0.15, 0.2) is 48.5 Å². The topological polar surface area (TPSA) is 102 Å². The average Bonchev–Trinajstić information content (AvgIpc) is 3.23. The van der Waals surface area contributed by atoms with Crippen molar-refractivity contribution in [2.45, 2.75) is 26.0 Å². The number of aromatic nitrogens is 2. The third kappa shape index (κ3) is 4.28. The molecule has 1 aromatic heterocycles. The van der Waals surface area contributed by atoms with Crippen molar-refractivity contribution in [3.05, 3.63) is 64.8 Å². The highest BCUT2D eigenvalue weighted by molar-refractivity contribution is 6.30. The first-order valence-electron chi connectivity index (χ1n) is 9.95. The Morgan fingerprint density at radius 1 is 1.22 bits per heavy atom. The van der Waals surface area contributed by atoms with Gasteiger partial charge in [-0.25, -0.2) is 4.68 Å². The number of benzene rings is 2. The van der Waals surface area contributed by atoms with Crippen LogP contribution in [-0.4, -0.2) is 34.5 Å². The van der Waals surface area contributed by atoms with Gasteiger partial charge in [0.1, 0.15) is 11.9 Å². The van der Waals surface area contributed by atoms with Gasteiger partial charge in [-0.3, -0.25) is 14.4 Å². The molecule has 164 valence electrons. The first-order valence-corrected chi connectivity index (χ1v) is 10.3. The van der Waals surface area contributed by atoms with Crippen LogP contribution in [0.5, 0.6) is 0 Å². The van der Waals surface area contributed by atoms with E-state index in [2.05, 4.69) is 15.7 Å². The number of halogens is 1. The van der Waals surface area contributed by atoms with Crippen LogP contribution in [0.2, 0.25) is 5.02 Å². The number of hydrogen-bond acceptors (Lipinski definition) is 5. The van der Waals surface area contributed by atoms with Crippen molar-refractivity contribution in [2.75, 3.05) is 17.7 Å². The van der Waals surface area contributed by atoms with E-state index in [0.717, 1.165) is 5.56 Å². The molecule has 2 N–H and O–H groups in total. The summed E-state index contributed by atoms with van der Waals surface area (Å²) < 4.78 is 6.81. The van der Waals surface area contributed by atoms with Gasteiger partial charge < -0.3 is 15.4 Å². The third-order valence-electron chi connectivity index (χ3n) is 5.17. The first-order chi connectivity index (χ1) is 15.4. The van der Waals surface area contributed by atoms with Gasteiger partial charge in [-0.05, 0) is 48.9 Å². The van der Waals surface area contributed by atoms with Crippen LogP contribution in [0.25, 0.3) is 11.1 Å². The first kappa shape index (κ1) is 21.7. The van der Waals surface area contributed by atoms with Crippen molar-refractivity contribution in [3.63, 3.8) is 0 Å². The molecule has 1 unspecified atom stereocenters. The molecule has 4 rings (SSSR count). The summed E-state index contributed by atoms with van der Waals surface area (Å²) in [5, 5.41) is 10.7. The highest BCUT2D eigenvalue weighted by atomic mass is 35.5. The third-order valence-corrected chi connectivity index (χ3v) is 5.41. The summed E-state index contributed by atoms with van der Waals surface area (Å²) in [6.07, 6.45) is -0.101. The molecule has 8 nitrogen and oxygen atoms in total. The number of amides is 2. The van der Waals surface area contributed by atoms with E-state index in [0.29, 0.717) is 33.3 Å². The Bertz CT molecular complexity index is 1200. The Labute approximate surface area is 189 Å². The molecule has 1 aliphatic rings. The maximum Gasteiger partial charge on any atom is 0.251 e. The standard InChI is InChI=1S/C23H21ClN4O4/c1-13(29)14-6-8-17(9-7-14)25-20(30)11-19-23(31)26-22-21(15-4-3-5-16(24)10-15)18(12-32-2)27-28(19)22/h3-10,19H,11-12H2,1-2H3,(H,25,30)(H,26,31). The smallest absolute Gasteiger partial charge is 0.251 e. The van der Waals surface area contributed by atoms with Gasteiger partial charge in [0.2, 0.25) is 5.91 Å². The SMILES string of the molecule is COCc1nn2c(c1-c1cccc(Cl)c1)NC(=O)C2CC(=O)Nc1ccc(C(C)=O)cc1. The number of nitrogens with one attached hydrogen (secondary N) is 2. The molecule has 2 aromatic carbocycles. The van der Waals surface area contributed by atoms with E-state index in [1.54, 1.807) is 43.5 Å². The number of anilines is 2. The molecule has 0 saturated carbocycles. The van der Waals surface area contributed by atoms with Gasteiger partial charge in [-0.2, -0.15) is 5.10 Å². The zero-order chi connectivity index (χ0) is 22.8. The molecule has 0 spiro atoms. The molecule has 0 bridgehead atoms. The predicted molar refractivity (Wildman–Crippen MR) is 121 cm³/mol. The fourth-order valence-electron chi connectivity index (χ4n) is 3.68. The minimum Gasteiger partial charge on any atom is -0.378 e. The maximum atomic E-state index is 12.7. The fourth-order valence-corrected chi connectivity index (χ4v) is 3.87. The maximum absolute atomic E-state index is 12.7. The fraction of sp³-hybridized carbons (Fsp3) is 0.217. The van der Waals surface area contributed by atoms with E-state index < -0.39 is 6.04 Å². The Morgan fingerprint density at radius 2 is 1.97 bits per heavy atom. The van der Waals surface area contributed by atoms with E-state index in [1.165, 1.54) is 11.6 Å². The number of Topliss-reactive ketones (excluding diaryl/α,β-unsaturated/α-hetero) is 1. The van der Waals surface area contributed by atoms with Gasteiger partial charge in [0, 0.05) is 28.9 Å². The molecule has 2 heterocycles. The second kappa shape index (κ2) is 8.94. The molecule has 3 aromatic rings. The molecular weight excluding hydrogens is 432 g/mol. The number of nitrogens with zero attached hydrogens (tertiary/aromatic N) is 2. The van der Waals surface area contributed by atoms with Crippen LogP contribution in [0.3, 0.4) is 0 Å². The van der Waals surface area contributed by atoms with Gasteiger partial charge in [-0.1, -0.05) is 23.7 Å². The van der Waals surface area contributed by atoms with E-state index >= 15 is 0 Å². The lowest BCUT2D eigenvalue weighted by Crippen LogP contribution is -2.24. The van der Waals surface area contributed by atoms with Crippen molar-refractivity contribution in [3.8, 4) is 11.1 Å². The Balaban J connectivity index is 1.58. The van der Waals surface area contributed by atoms with Crippen LogP contribution in [0, 0.1) is 0 Å². The van der Waals surface area contributed by atoms with Crippen molar-refractivity contribution in [2.24, 2.45) is 0 Å². The molecule has 2 amide bonds. The number of hydrogen-bond donors (Lipinski definition) is 2. The number of rotatable bonds is 7. The summed E-state index contributed by atoms with van der Waals surface area (Å²) in [6.45, 7) is 1.71. The van der Waals surface area contributed by atoms with Gasteiger partial charge >= 0.3 is 0 Å². The summed E-state index contributed by atoms with van der Waals surface area (Å²) in [7, 11) is 1.56. The van der Waals surface area contributed by atoms with Crippen LogP contribution in [0.1, 0.15) is 35.4 Å². The number of fused-ring (bicyclic) bond motifs is 1. The van der Waals surface area contributed by atoms with Crippen LogP contribution in [-0.2, 0) is 20.9 Å². The highest BCUT2D eigenvalue weighted by Gasteiger charge is 2.37. The van der Waals surface area contributed by atoms with Crippen molar-refractivity contribution in [1.82, 2.24) is 9.78 Å². The minimum atomic E-state index is -0.801. The lowest BCUT2D eigenvalue weighted by Gasteiger charge is -2.10. The molecule has 0 saturated heterocycles. The molecule has 32 heavy (non-hydrogen) atoms. The molecular formula is C23H21ClN4O4. The van der Waals surface area contributed by atoms with Crippen LogP contribution < -0.4 is 10.6 Å². The quantitative estimate of drug-likeness (QED) is 0.526. The van der Waals surface area contributed by atoms with E-state index in [-0.39, 0.29) is 30.6 Å². The van der Waals surface area contributed by atoms with Crippen molar-refractivity contribution >= 4 is 40.7 Å². The zero-order valence-corrected chi connectivity index (χ0v) is 18.3. The number of carbonyl (C=O) groups is 3. The summed E-state index contributed by atoms with van der Waals surface area (Å²) in [5.41, 5.74) is 3.24. The summed E-state index contributed by atoms with van der Waals surface area (Å²) >= 11 is 6.15. The van der Waals surface area contributed by atoms with Crippen LogP contribution >= 0.6 is 11.6 Å². The Kier molecular flexibility index (Phi) is 6.07. The zero-order valence-electron chi connectivity index (χ0n) is 17.5. The second-order valence-corrected chi connectivity index (χ2v) is 7.89. The van der Waals surface area contributed by atoms with E-state index in [9.17, 15) is 14.4 Å². The molecule has 9 heteroatoms. The van der Waals surface area contributed by atoms with Gasteiger partial charge in [0.05, 0.1) is 18.7 Å². The Hall–Kier alpha value is -3.49.